The van der Waals surface area contributed by atoms with Crippen molar-refractivity contribution in [3.8, 4) is 5.75 Å². The van der Waals surface area contributed by atoms with Gasteiger partial charge in [0, 0.05) is 0 Å². The molecule has 0 aliphatic rings. The SMILES string of the molecule is Clc1ccccc1[CH2][SnH3].O=C(O)c1ccccc1O. The maximum absolute atomic E-state index is 10.3. The summed E-state index contributed by atoms with van der Waals surface area (Å²) in [6.07, 6.45) is 0. The Hall–Kier alpha value is -1.20. The van der Waals surface area contributed by atoms with Crippen molar-refractivity contribution in [2.45, 2.75) is 4.44 Å². The molecule has 0 fully saturated rings. The number of halogens is 1. The second-order valence-corrected chi connectivity index (χ2v) is 6.19. The van der Waals surface area contributed by atoms with Gasteiger partial charge in [-0.05, 0) is 12.1 Å². The minimum absolute atomic E-state index is 0.0671. The summed E-state index contributed by atoms with van der Waals surface area (Å²) in [4.78, 5) is 10.3. The average molecular weight is 385 g/mol. The number of carboxylic acids is 1. The molecule has 0 radical (unpaired) electrons. The fourth-order valence-electron chi connectivity index (χ4n) is 1.44. The number of para-hydroxylation sites is 1. The first-order valence-electron chi connectivity index (χ1n) is 5.81. The molecule has 0 saturated carbocycles. The largest absolute Gasteiger partial charge is 0.507 e. The molecular formula is C14H15ClO3Sn. The van der Waals surface area contributed by atoms with Crippen molar-refractivity contribution in [2.75, 3.05) is 0 Å². The number of phenols is 1. The number of benzene rings is 2. The van der Waals surface area contributed by atoms with Crippen molar-refractivity contribution >= 4 is 40.1 Å². The van der Waals surface area contributed by atoms with Gasteiger partial charge in [0.05, 0.1) is 0 Å². The van der Waals surface area contributed by atoms with Gasteiger partial charge in [-0.3, -0.25) is 0 Å². The van der Waals surface area contributed by atoms with E-state index in [9.17, 15) is 4.79 Å². The number of hydrogen-bond donors (Lipinski definition) is 2. The summed E-state index contributed by atoms with van der Waals surface area (Å²) >= 11 is 6.58. The van der Waals surface area contributed by atoms with Gasteiger partial charge in [-0.2, -0.15) is 0 Å². The van der Waals surface area contributed by atoms with Gasteiger partial charge in [0.25, 0.3) is 0 Å². The van der Waals surface area contributed by atoms with E-state index in [4.69, 9.17) is 21.8 Å². The molecule has 0 saturated heterocycles. The van der Waals surface area contributed by atoms with Gasteiger partial charge in [-0.15, -0.1) is 0 Å². The Bertz CT molecular complexity index is 558. The third-order valence-electron chi connectivity index (χ3n) is 2.47. The van der Waals surface area contributed by atoms with Gasteiger partial charge >= 0.3 is 79.4 Å². The third kappa shape index (κ3) is 5.12. The zero-order valence-electron chi connectivity index (χ0n) is 10.5. The zero-order valence-corrected chi connectivity index (χ0v) is 17.0. The number of hydrogen-bond acceptors (Lipinski definition) is 2. The van der Waals surface area contributed by atoms with Crippen molar-refractivity contribution in [3.05, 3.63) is 64.7 Å². The molecule has 0 aromatic heterocycles. The topological polar surface area (TPSA) is 57.5 Å². The first-order chi connectivity index (χ1) is 9.06. The fraction of sp³-hybridized carbons (Fsp3) is 0.0714. The minimum atomic E-state index is -1.11. The molecule has 3 nitrogen and oxygen atoms in total. The van der Waals surface area contributed by atoms with Gasteiger partial charge in [0.2, 0.25) is 0 Å². The summed E-state index contributed by atoms with van der Waals surface area (Å²) in [6.45, 7) is 0. The maximum atomic E-state index is 10.3. The van der Waals surface area contributed by atoms with E-state index in [1.165, 1.54) is 22.1 Å². The van der Waals surface area contributed by atoms with E-state index in [1.54, 1.807) is 12.1 Å². The number of rotatable bonds is 2. The zero-order chi connectivity index (χ0) is 14.3. The van der Waals surface area contributed by atoms with Crippen LogP contribution in [0, 0.1) is 0 Å². The Labute approximate surface area is 129 Å². The molecule has 2 rings (SSSR count). The number of aromatic hydroxyl groups is 1. The van der Waals surface area contributed by atoms with Crippen LogP contribution in [0.25, 0.3) is 0 Å². The molecule has 0 bridgehead atoms. The third-order valence-corrected chi connectivity index (χ3v) is 5.02. The summed E-state index contributed by atoms with van der Waals surface area (Å²) in [5.74, 6) is -1.31. The van der Waals surface area contributed by atoms with Crippen LogP contribution in [-0.2, 0) is 4.44 Å². The molecule has 2 aromatic rings. The van der Waals surface area contributed by atoms with Crippen LogP contribution in [0.15, 0.2) is 48.5 Å². The Morgan fingerprint density at radius 1 is 1.11 bits per heavy atom. The molecule has 0 atom stereocenters. The van der Waals surface area contributed by atoms with Crippen LogP contribution in [0.3, 0.4) is 0 Å². The summed E-state index contributed by atoms with van der Waals surface area (Å²) < 4.78 is 1.22. The predicted molar refractivity (Wildman–Crippen MR) is 80.2 cm³/mol. The first kappa shape index (κ1) is 15.9. The van der Waals surface area contributed by atoms with Gasteiger partial charge in [-0.25, -0.2) is 4.79 Å². The summed E-state index contributed by atoms with van der Waals surface area (Å²) in [5.41, 5.74) is 1.25. The van der Waals surface area contributed by atoms with Crippen molar-refractivity contribution in [2.24, 2.45) is 0 Å². The van der Waals surface area contributed by atoms with Crippen LogP contribution < -0.4 is 0 Å². The molecule has 0 spiro atoms. The van der Waals surface area contributed by atoms with Crippen molar-refractivity contribution < 1.29 is 15.0 Å². The van der Waals surface area contributed by atoms with E-state index in [0.717, 1.165) is 27.5 Å². The Morgan fingerprint density at radius 2 is 1.68 bits per heavy atom. The van der Waals surface area contributed by atoms with Gasteiger partial charge in [0.1, 0.15) is 11.3 Å². The summed E-state index contributed by atoms with van der Waals surface area (Å²) in [5, 5.41) is 18.2. The van der Waals surface area contributed by atoms with Gasteiger partial charge in [-0.1, -0.05) is 12.1 Å². The van der Waals surface area contributed by atoms with Crippen LogP contribution in [0.1, 0.15) is 15.9 Å². The normalized spacial score (nSPS) is 9.53. The number of carboxylic acid groups (broad SMARTS) is 1. The maximum Gasteiger partial charge on any atom is 0.339 e. The van der Waals surface area contributed by atoms with Crippen molar-refractivity contribution in [1.29, 1.82) is 0 Å². The van der Waals surface area contributed by atoms with E-state index >= 15 is 0 Å². The summed E-state index contributed by atoms with van der Waals surface area (Å²) in [6, 6.07) is 13.9. The monoisotopic (exact) mass is 386 g/mol. The second-order valence-electron chi connectivity index (χ2n) is 3.77. The average Bonchev–Trinajstić information content (AvgIpc) is 2.40. The molecule has 0 unspecified atom stereocenters. The summed E-state index contributed by atoms with van der Waals surface area (Å²) in [7, 11) is 0. The van der Waals surface area contributed by atoms with Gasteiger partial charge in [0.15, 0.2) is 0 Å². The Balaban J connectivity index is 0.000000191. The van der Waals surface area contributed by atoms with Crippen LogP contribution in [-0.4, -0.2) is 38.7 Å². The molecule has 0 heterocycles. The molecule has 2 aromatic carbocycles. The Kier molecular flexibility index (Phi) is 6.73. The number of aromatic carboxylic acids is 1. The van der Waals surface area contributed by atoms with E-state index in [0.29, 0.717) is 0 Å². The van der Waals surface area contributed by atoms with Crippen LogP contribution in [0.2, 0.25) is 5.02 Å². The molecule has 0 amide bonds. The molecule has 2 N–H and O–H groups in total. The standard InChI is InChI=1S/C7H6Cl.C7H6O3.Sn.3H/c1-6-4-2-3-5-7(6)8;8-6-4-2-1-3-5(6)7(9)10;;;;/h2-5H,1H2;1-4,8H,(H,9,10);;;;. The fourth-order valence-corrected chi connectivity index (χ4v) is 4.11. The van der Waals surface area contributed by atoms with Crippen molar-refractivity contribution in [3.63, 3.8) is 0 Å². The predicted octanol–water partition coefficient (Wildman–Crippen LogP) is 2.30. The van der Waals surface area contributed by atoms with Crippen LogP contribution in [0.5, 0.6) is 5.75 Å². The van der Waals surface area contributed by atoms with E-state index in [-0.39, 0.29) is 11.3 Å². The quantitative estimate of drug-likeness (QED) is 0.780. The van der Waals surface area contributed by atoms with E-state index in [2.05, 4.69) is 6.07 Å². The smallest absolute Gasteiger partial charge is 0.339 e. The van der Waals surface area contributed by atoms with Crippen molar-refractivity contribution in [1.82, 2.24) is 0 Å². The molecule has 0 aliphatic carbocycles. The molecular weight excluding hydrogens is 370 g/mol. The second kappa shape index (κ2) is 8.07. The van der Waals surface area contributed by atoms with E-state index in [1.807, 2.05) is 18.2 Å². The van der Waals surface area contributed by atoms with Crippen LogP contribution in [0.4, 0.5) is 0 Å². The molecule has 5 heteroatoms. The Morgan fingerprint density at radius 3 is 2.11 bits per heavy atom. The first-order valence-corrected chi connectivity index (χ1v) is 10.2. The minimum Gasteiger partial charge on any atom is -0.507 e. The van der Waals surface area contributed by atoms with E-state index < -0.39 is 5.97 Å². The molecule has 0 aliphatic heterocycles. The van der Waals surface area contributed by atoms with Gasteiger partial charge < -0.3 is 10.2 Å². The van der Waals surface area contributed by atoms with Crippen LogP contribution >= 0.6 is 11.6 Å². The number of carbonyl (C=O) groups is 1. The molecule has 19 heavy (non-hydrogen) atoms. The molecule has 100 valence electrons.